The van der Waals surface area contributed by atoms with E-state index in [2.05, 4.69) is 5.32 Å². The predicted octanol–water partition coefficient (Wildman–Crippen LogP) is 4.64. The Hall–Kier alpha value is -2.14. The maximum atomic E-state index is 12.2. The molecule has 0 saturated carbocycles. The zero-order chi connectivity index (χ0) is 16.1. The lowest BCUT2D eigenvalue weighted by atomic mass is 10.0. The van der Waals surface area contributed by atoms with Gasteiger partial charge in [0.2, 0.25) is 0 Å². The van der Waals surface area contributed by atoms with Crippen LogP contribution in [0.1, 0.15) is 34.6 Å². The van der Waals surface area contributed by atoms with E-state index in [1.165, 1.54) is 11.3 Å². The van der Waals surface area contributed by atoms with E-state index in [0.29, 0.717) is 10.6 Å². The number of rotatable bonds is 5. The van der Waals surface area contributed by atoms with E-state index in [1.54, 1.807) is 6.07 Å². The molecule has 2 rings (SSSR count). The van der Waals surface area contributed by atoms with Gasteiger partial charge in [0.15, 0.2) is 5.78 Å². The maximum Gasteiger partial charge on any atom is 0.412 e. The molecular weight excluding hydrogens is 298 g/mol. The minimum Gasteiger partial charge on any atom is -0.444 e. The van der Waals surface area contributed by atoms with Gasteiger partial charge >= 0.3 is 6.09 Å². The smallest absolute Gasteiger partial charge is 0.412 e. The number of carbonyl (C=O) groups is 2. The molecule has 4 nitrogen and oxygen atoms in total. The van der Waals surface area contributed by atoms with E-state index in [-0.39, 0.29) is 18.3 Å². The van der Waals surface area contributed by atoms with Crippen molar-refractivity contribution in [3.8, 4) is 0 Å². The molecule has 1 N–H and O–H groups in total. The zero-order valence-electron chi connectivity index (χ0n) is 12.9. The van der Waals surface area contributed by atoms with Crippen molar-refractivity contribution in [1.29, 1.82) is 0 Å². The Morgan fingerprint density at radius 3 is 2.55 bits per heavy atom. The Morgan fingerprint density at radius 1 is 1.23 bits per heavy atom. The second kappa shape index (κ2) is 7.22. The number of aryl methyl sites for hydroxylation is 1. The van der Waals surface area contributed by atoms with Gasteiger partial charge in [-0.2, -0.15) is 0 Å². The minimum absolute atomic E-state index is 0.0164. The second-order valence-electron chi connectivity index (χ2n) is 5.31. The Morgan fingerprint density at radius 2 is 1.91 bits per heavy atom. The van der Waals surface area contributed by atoms with E-state index < -0.39 is 6.09 Å². The summed E-state index contributed by atoms with van der Waals surface area (Å²) >= 11 is 1.38. The fourth-order valence-electron chi connectivity index (χ4n) is 1.95. The highest BCUT2D eigenvalue weighted by Gasteiger charge is 2.19. The van der Waals surface area contributed by atoms with Crippen molar-refractivity contribution in [3.63, 3.8) is 0 Å². The highest BCUT2D eigenvalue weighted by molar-refractivity contribution is 7.16. The Kier molecular flexibility index (Phi) is 5.33. The molecule has 0 aliphatic carbocycles. The highest BCUT2D eigenvalue weighted by atomic mass is 32.1. The van der Waals surface area contributed by atoms with E-state index in [9.17, 15) is 9.59 Å². The van der Waals surface area contributed by atoms with Gasteiger partial charge in [-0.15, -0.1) is 11.3 Å². The van der Waals surface area contributed by atoms with Gasteiger partial charge < -0.3 is 4.74 Å². The van der Waals surface area contributed by atoms with Gasteiger partial charge in [0.05, 0.1) is 5.56 Å². The monoisotopic (exact) mass is 317 g/mol. The number of hydrogen-bond acceptors (Lipinski definition) is 4. The molecule has 0 aliphatic rings. The Balaban J connectivity index is 2.01. The van der Waals surface area contributed by atoms with Crippen LogP contribution in [0.15, 0.2) is 36.4 Å². The molecule has 1 aromatic carbocycles. The lowest BCUT2D eigenvalue weighted by molar-refractivity contribution is 0.0940. The van der Waals surface area contributed by atoms with Gasteiger partial charge in [-0.3, -0.25) is 10.1 Å². The van der Waals surface area contributed by atoms with Crippen LogP contribution in [-0.4, -0.2) is 11.9 Å². The van der Waals surface area contributed by atoms with Gasteiger partial charge in [-0.1, -0.05) is 44.2 Å². The number of benzene rings is 1. The van der Waals surface area contributed by atoms with Crippen LogP contribution in [0, 0.1) is 12.8 Å². The number of ketones is 1. The van der Waals surface area contributed by atoms with E-state index in [1.807, 2.05) is 51.1 Å². The van der Waals surface area contributed by atoms with E-state index >= 15 is 0 Å². The fraction of sp³-hybridized carbons (Fsp3) is 0.294. The molecule has 0 saturated heterocycles. The summed E-state index contributed by atoms with van der Waals surface area (Å²) in [6.45, 7) is 5.78. The van der Waals surface area contributed by atoms with Crippen LogP contribution in [-0.2, 0) is 11.3 Å². The number of ether oxygens (including phenoxy) is 1. The molecule has 0 fully saturated rings. The van der Waals surface area contributed by atoms with Crippen LogP contribution in [0.4, 0.5) is 9.80 Å². The summed E-state index contributed by atoms with van der Waals surface area (Å²) in [5.74, 6) is -0.0994. The standard InChI is InChI=1S/C17H19NO3S/c1-11(2)15(19)14-9-12(3)22-16(14)18-17(20)21-10-13-7-5-4-6-8-13/h4-9,11H,10H2,1-3H3,(H,18,20). The van der Waals surface area contributed by atoms with Crippen LogP contribution >= 0.6 is 11.3 Å². The lowest BCUT2D eigenvalue weighted by Gasteiger charge is -2.08. The van der Waals surface area contributed by atoms with Crippen LogP contribution in [0.25, 0.3) is 0 Å². The number of hydrogen-bond donors (Lipinski definition) is 1. The largest absolute Gasteiger partial charge is 0.444 e. The lowest BCUT2D eigenvalue weighted by Crippen LogP contribution is -2.16. The van der Waals surface area contributed by atoms with Crippen molar-refractivity contribution in [2.75, 3.05) is 5.32 Å². The average Bonchev–Trinajstić information content (AvgIpc) is 2.85. The number of amides is 1. The van der Waals surface area contributed by atoms with Gasteiger partial charge in [0.25, 0.3) is 0 Å². The van der Waals surface area contributed by atoms with Crippen LogP contribution in [0.3, 0.4) is 0 Å². The topological polar surface area (TPSA) is 55.4 Å². The quantitative estimate of drug-likeness (QED) is 0.817. The van der Waals surface area contributed by atoms with Crippen molar-refractivity contribution in [1.82, 2.24) is 0 Å². The summed E-state index contributed by atoms with van der Waals surface area (Å²) < 4.78 is 5.18. The number of thiophene rings is 1. The molecule has 5 heteroatoms. The van der Waals surface area contributed by atoms with E-state index in [0.717, 1.165) is 10.4 Å². The third-order valence-electron chi connectivity index (χ3n) is 3.07. The molecule has 1 heterocycles. The first kappa shape index (κ1) is 16.2. The van der Waals surface area contributed by atoms with Crippen LogP contribution in [0.5, 0.6) is 0 Å². The molecule has 0 spiro atoms. The average molecular weight is 317 g/mol. The number of nitrogens with one attached hydrogen (secondary N) is 1. The summed E-state index contributed by atoms with van der Waals surface area (Å²) in [6, 6.07) is 11.3. The van der Waals surface area contributed by atoms with Gasteiger partial charge in [0.1, 0.15) is 11.6 Å². The molecule has 1 aromatic heterocycles. The Bertz CT molecular complexity index is 662. The van der Waals surface area contributed by atoms with Crippen molar-refractivity contribution in [3.05, 3.63) is 52.4 Å². The molecule has 116 valence electrons. The molecule has 0 aliphatic heterocycles. The van der Waals surface area contributed by atoms with Crippen LogP contribution in [0.2, 0.25) is 0 Å². The first-order chi connectivity index (χ1) is 10.5. The molecular formula is C17H19NO3S. The van der Waals surface area contributed by atoms with Gasteiger partial charge in [-0.25, -0.2) is 4.79 Å². The van der Waals surface area contributed by atoms with Crippen molar-refractivity contribution >= 4 is 28.2 Å². The molecule has 22 heavy (non-hydrogen) atoms. The molecule has 1 amide bonds. The number of carbonyl (C=O) groups excluding carboxylic acids is 2. The molecule has 0 bridgehead atoms. The van der Waals surface area contributed by atoms with Crippen LogP contribution < -0.4 is 5.32 Å². The summed E-state index contributed by atoms with van der Waals surface area (Å²) in [7, 11) is 0. The molecule has 0 atom stereocenters. The Labute approximate surface area is 134 Å². The minimum atomic E-state index is -0.552. The van der Waals surface area contributed by atoms with Gasteiger partial charge in [-0.05, 0) is 18.6 Å². The predicted molar refractivity (Wildman–Crippen MR) is 88.5 cm³/mol. The summed E-state index contributed by atoms with van der Waals surface area (Å²) in [6.07, 6.45) is -0.552. The van der Waals surface area contributed by atoms with Crippen molar-refractivity contribution in [2.45, 2.75) is 27.4 Å². The fourth-order valence-corrected chi connectivity index (χ4v) is 2.86. The highest BCUT2D eigenvalue weighted by Crippen LogP contribution is 2.29. The van der Waals surface area contributed by atoms with Crippen molar-refractivity contribution in [2.24, 2.45) is 5.92 Å². The van der Waals surface area contributed by atoms with Gasteiger partial charge in [0, 0.05) is 10.8 Å². The molecule has 0 unspecified atom stereocenters. The maximum absolute atomic E-state index is 12.2. The molecule has 0 radical (unpaired) electrons. The number of Topliss-reactive ketones (excluding diaryl/α,β-unsaturated/α-hetero) is 1. The third kappa shape index (κ3) is 4.18. The molecule has 2 aromatic rings. The SMILES string of the molecule is Cc1cc(C(=O)C(C)C)c(NC(=O)OCc2ccccc2)s1. The van der Waals surface area contributed by atoms with E-state index in [4.69, 9.17) is 4.74 Å². The summed E-state index contributed by atoms with van der Waals surface area (Å²) in [5, 5.41) is 3.22. The normalized spacial score (nSPS) is 10.5. The first-order valence-corrected chi connectivity index (χ1v) is 7.91. The third-order valence-corrected chi connectivity index (χ3v) is 4.04. The summed E-state index contributed by atoms with van der Waals surface area (Å²) in [5.41, 5.74) is 1.47. The second-order valence-corrected chi connectivity index (χ2v) is 6.56. The van der Waals surface area contributed by atoms with Crippen molar-refractivity contribution < 1.29 is 14.3 Å². The zero-order valence-corrected chi connectivity index (χ0v) is 13.7. The number of anilines is 1. The summed E-state index contributed by atoms with van der Waals surface area (Å²) in [4.78, 5) is 25.0. The first-order valence-electron chi connectivity index (χ1n) is 7.09.